The fourth-order valence-corrected chi connectivity index (χ4v) is 0.518. The van der Waals surface area contributed by atoms with Crippen LogP contribution in [0.4, 0.5) is 0 Å². The smallest absolute Gasteiger partial charge is 0.184 e. The lowest BCUT2D eigenvalue weighted by molar-refractivity contribution is 0.184. The maximum atomic E-state index is 9.17. The lowest BCUT2D eigenvalue weighted by Gasteiger charge is -2.04. The number of rotatable bonds is 0. The quantitative estimate of drug-likeness (QED) is 0.471. The van der Waals surface area contributed by atoms with Crippen molar-refractivity contribution in [2.24, 2.45) is 0 Å². The molecule has 0 aromatic carbocycles. The second kappa shape index (κ2) is 3.17. The summed E-state index contributed by atoms with van der Waals surface area (Å²) < 4.78 is 0. The first-order valence-electron chi connectivity index (χ1n) is 2.72. The Labute approximate surface area is 56.1 Å². The first kappa shape index (κ1) is 8.08. The normalized spacial score (nSPS) is 8.44. The molecule has 0 heterocycles. The van der Waals surface area contributed by atoms with Crippen molar-refractivity contribution < 1.29 is 5.11 Å². The Balaban J connectivity index is 4.26. The molecule has 48 valence electrons. The largest absolute Gasteiger partial charge is 0.367 e. The third-order valence-electron chi connectivity index (χ3n) is 0.737. The second-order valence-electron chi connectivity index (χ2n) is 1.82. The predicted octanol–water partition coefficient (Wildman–Crippen LogP) is 0.784. The molecule has 0 bridgehead atoms. The zero-order valence-corrected chi connectivity index (χ0v) is 5.95. The zero-order valence-electron chi connectivity index (χ0n) is 5.95. The van der Waals surface area contributed by atoms with Crippen molar-refractivity contribution >= 4 is 0 Å². The molecule has 0 spiro atoms. The fraction of sp³-hybridized carbons (Fsp3) is 0.500. The SMILES string of the molecule is CC#CC(C)(O)C#CC. The Morgan fingerprint density at radius 1 is 1.11 bits per heavy atom. The first-order chi connectivity index (χ1) is 4.12. The summed E-state index contributed by atoms with van der Waals surface area (Å²) in [5, 5.41) is 9.17. The van der Waals surface area contributed by atoms with Crippen molar-refractivity contribution in [3.05, 3.63) is 0 Å². The molecule has 0 amide bonds. The van der Waals surface area contributed by atoms with Crippen molar-refractivity contribution in [3.63, 3.8) is 0 Å². The molecule has 0 unspecified atom stereocenters. The van der Waals surface area contributed by atoms with Crippen LogP contribution in [0.15, 0.2) is 0 Å². The van der Waals surface area contributed by atoms with Crippen molar-refractivity contribution in [2.75, 3.05) is 0 Å². The van der Waals surface area contributed by atoms with E-state index in [4.69, 9.17) is 5.11 Å². The number of aliphatic hydroxyl groups is 1. The highest BCUT2D eigenvalue weighted by Gasteiger charge is 2.09. The Hall–Kier alpha value is -0.920. The number of hydrogen-bond donors (Lipinski definition) is 1. The average Bonchev–Trinajstić information content (AvgIpc) is 1.64. The molecule has 0 aliphatic rings. The molecule has 0 rings (SSSR count). The van der Waals surface area contributed by atoms with E-state index in [-0.39, 0.29) is 0 Å². The third-order valence-corrected chi connectivity index (χ3v) is 0.737. The van der Waals surface area contributed by atoms with Gasteiger partial charge in [0.2, 0.25) is 0 Å². The van der Waals surface area contributed by atoms with Gasteiger partial charge in [-0.15, -0.1) is 11.8 Å². The average molecular weight is 122 g/mol. The fourth-order valence-electron chi connectivity index (χ4n) is 0.518. The van der Waals surface area contributed by atoms with Gasteiger partial charge in [-0.1, -0.05) is 11.8 Å². The molecule has 0 atom stereocenters. The first-order valence-corrected chi connectivity index (χ1v) is 2.72. The van der Waals surface area contributed by atoms with E-state index in [1.54, 1.807) is 20.8 Å². The van der Waals surface area contributed by atoms with Gasteiger partial charge in [-0.05, 0) is 20.8 Å². The standard InChI is InChI=1S/C8H10O/c1-4-6-8(3,9)7-5-2/h9H,1-3H3. The molecule has 0 aromatic rings. The highest BCUT2D eigenvalue weighted by Crippen LogP contribution is 1.96. The minimum absolute atomic E-state index is 1.12. The minimum atomic E-state index is -1.12. The molecule has 1 nitrogen and oxygen atoms in total. The summed E-state index contributed by atoms with van der Waals surface area (Å²) in [5.74, 6) is 10.3. The summed E-state index contributed by atoms with van der Waals surface area (Å²) in [6, 6.07) is 0. The highest BCUT2D eigenvalue weighted by molar-refractivity contribution is 5.26. The monoisotopic (exact) mass is 122 g/mol. The maximum absolute atomic E-state index is 9.17. The van der Waals surface area contributed by atoms with Crippen LogP contribution in [0, 0.1) is 23.7 Å². The van der Waals surface area contributed by atoms with Crippen LogP contribution in [0.2, 0.25) is 0 Å². The van der Waals surface area contributed by atoms with Crippen LogP contribution in [0.5, 0.6) is 0 Å². The summed E-state index contributed by atoms with van der Waals surface area (Å²) in [6.45, 7) is 4.91. The van der Waals surface area contributed by atoms with E-state index in [2.05, 4.69) is 23.7 Å². The van der Waals surface area contributed by atoms with Gasteiger partial charge < -0.3 is 5.11 Å². The Bertz CT molecular complexity index is 170. The number of hydrogen-bond acceptors (Lipinski definition) is 1. The van der Waals surface area contributed by atoms with Gasteiger partial charge in [0, 0.05) is 0 Å². The highest BCUT2D eigenvalue weighted by atomic mass is 16.3. The third kappa shape index (κ3) is 3.64. The Morgan fingerprint density at radius 3 is 1.67 bits per heavy atom. The second-order valence-corrected chi connectivity index (χ2v) is 1.82. The van der Waals surface area contributed by atoms with E-state index >= 15 is 0 Å². The van der Waals surface area contributed by atoms with Crippen LogP contribution in [0.1, 0.15) is 20.8 Å². The topological polar surface area (TPSA) is 20.2 Å². The van der Waals surface area contributed by atoms with Gasteiger partial charge in [0.25, 0.3) is 0 Å². The minimum Gasteiger partial charge on any atom is -0.367 e. The van der Waals surface area contributed by atoms with Crippen LogP contribution >= 0.6 is 0 Å². The molecule has 0 aliphatic heterocycles. The molecule has 0 aromatic heterocycles. The predicted molar refractivity (Wildman–Crippen MR) is 37.5 cm³/mol. The molecule has 9 heavy (non-hydrogen) atoms. The van der Waals surface area contributed by atoms with Crippen LogP contribution in [0.25, 0.3) is 0 Å². The van der Waals surface area contributed by atoms with Gasteiger partial charge in [-0.3, -0.25) is 0 Å². The molecule has 0 saturated carbocycles. The summed E-state index contributed by atoms with van der Waals surface area (Å²) >= 11 is 0. The van der Waals surface area contributed by atoms with Crippen LogP contribution in [-0.4, -0.2) is 10.7 Å². The molecule has 0 aliphatic carbocycles. The van der Waals surface area contributed by atoms with E-state index < -0.39 is 5.60 Å². The van der Waals surface area contributed by atoms with Gasteiger partial charge >= 0.3 is 0 Å². The van der Waals surface area contributed by atoms with Crippen LogP contribution < -0.4 is 0 Å². The summed E-state index contributed by atoms with van der Waals surface area (Å²) in [4.78, 5) is 0. The van der Waals surface area contributed by atoms with Gasteiger partial charge in [0.1, 0.15) is 0 Å². The van der Waals surface area contributed by atoms with E-state index in [1.165, 1.54) is 0 Å². The Kier molecular flexibility index (Phi) is 2.85. The molecular formula is C8H10O. The van der Waals surface area contributed by atoms with Crippen LogP contribution in [0.3, 0.4) is 0 Å². The summed E-state index contributed by atoms with van der Waals surface area (Å²) in [7, 11) is 0. The zero-order chi connectivity index (χ0) is 7.33. The molecule has 1 heteroatoms. The van der Waals surface area contributed by atoms with Gasteiger partial charge in [-0.2, -0.15) is 0 Å². The van der Waals surface area contributed by atoms with Crippen molar-refractivity contribution in [1.29, 1.82) is 0 Å². The van der Waals surface area contributed by atoms with Crippen molar-refractivity contribution in [1.82, 2.24) is 0 Å². The molecular weight excluding hydrogens is 112 g/mol. The van der Waals surface area contributed by atoms with Gasteiger partial charge in [0.15, 0.2) is 5.60 Å². The van der Waals surface area contributed by atoms with Crippen molar-refractivity contribution in [2.45, 2.75) is 26.4 Å². The van der Waals surface area contributed by atoms with Gasteiger partial charge in [-0.25, -0.2) is 0 Å². The molecule has 0 radical (unpaired) electrons. The molecule has 1 N–H and O–H groups in total. The van der Waals surface area contributed by atoms with E-state index in [1.807, 2.05) is 0 Å². The lowest BCUT2D eigenvalue weighted by Crippen LogP contribution is -2.17. The molecule has 0 fully saturated rings. The van der Waals surface area contributed by atoms with E-state index in [0.29, 0.717) is 0 Å². The summed E-state index contributed by atoms with van der Waals surface area (Å²) in [6.07, 6.45) is 0. The van der Waals surface area contributed by atoms with Crippen LogP contribution in [-0.2, 0) is 0 Å². The van der Waals surface area contributed by atoms with E-state index in [0.717, 1.165) is 0 Å². The lowest BCUT2D eigenvalue weighted by atomic mass is 10.1. The van der Waals surface area contributed by atoms with Gasteiger partial charge in [0.05, 0.1) is 0 Å². The van der Waals surface area contributed by atoms with Crippen molar-refractivity contribution in [3.8, 4) is 23.7 Å². The van der Waals surface area contributed by atoms with E-state index in [9.17, 15) is 0 Å². The Morgan fingerprint density at radius 2 is 1.44 bits per heavy atom. The molecule has 0 saturated heterocycles. The maximum Gasteiger partial charge on any atom is 0.184 e. The summed E-state index contributed by atoms with van der Waals surface area (Å²) in [5.41, 5.74) is -1.12.